The van der Waals surface area contributed by atoms with Gasteiger partial charge in [0, 0.05) is 12.6 Å². The number of aryl methyl sites for hydroxylation is 1. The second-order valence-corrected chi connectivity index (χ2v) is 3.81. The summed E-state index contributed by atoms with van der Waals surface area (Å²) in [5.41, 5.74) is 0. The molecule has 0 aromatic carbocycles. The zero-order valence-electron chi connectivity index (χ0n) is 9.34. The molecule has 0 fully saturated rings. The number of aromatic nitrogens is 3. The zero-order chi connectivity index (χ0) is 11.2. The highest BCUT2D eigenvalue weighted by Gasteiger charge is 2.03. The van der Waals surface area contributed by atoms with Crippen molar-refractivity contribution in [3.05, 3.63) is 36.8 Å². The van der Waals surface area contributed by atoms with E-state index in [0.717, 1.165) is 25.3 Å². The van der Waals surface area contributed by atoms with Crippen molar-refractivity contribution in [3.63, 3.8) is 0 Å². The summed E-state index contributed by atoms with van der Waals surface area (Å²) in [6.07, 6.45) is 6.00. The van der Waals surface area contributed by atoms with Crippen LogP contribution in [0.4, 0.5) is 0 Å². The minimum absolute atomic E-state index is 0.425. The van der Waals surface area contributed by atoms with Crippen LogP contribution in [0.2, 0.25) is 0 Å². The Hall–Kier alpha value is -1.62. The van der Waals surface area contributed by atoms with Crippen molar-refractivity contribution in [1.82, 2.24) is 20.1 Å². The molecule has 0 aliphatic carbocycles. The third kappa shape index (κ3) is 3.20. The van der Waals surface area contributed by atoms with Gasteiger partial charge in [0.1, 0.15) is 18.4 Å². The molecule has 5 nitrogen and oxygen atoms in total. The van der Waals surface area contributed by atoms with Crippen LogP contribution in [0.5, 0.6) is 0 Å². The molecule has 0 aliphatic rings. The summed E-state index contributed by atoms with van der Waals surface area (Å²) in [7, 11) is 0. The van der Waals surface area contributed by atoms with Crippen molar-refractivity contribution >= 4 is 0 Å². The van der Waals surface area contributed by atoms with Gasteiger partial charge < -0.3 is 9.73 Å². The SMILES string of the molecule is CC(CCn1cncn1)NCc1ccco1. The zero-order valence-corrected chi connectivity index (χ0v) is 9.34. The van der Waals surface area contributed by atoms with Crippen LogP contribution >= 0.6 is 0 Å². The maximum absolute atomic E-state index is 5.24. The van der Waals surface area contributed by atoms with Gasteiger partial charge in [-0.3, -0.25) is 4.68 Å². The molecule has 0 saturated carbocycles. The number of furan rings is 1. The second-order valence-electron chi connectivity index (χ2n) is 3.81. The van der Waals surface area contributed by atoms with E-state index in [1.54, 1.807) is 18.9 Å². The smallest absolute Gasteiger partial charge is 0.137 e. The Morgan fingerprint density at radius 2 is 2.50 bits per heavy atom. The fourth-order valence-electron chi connectivity index (χ4n) is 1.46. The lowest BCUT2D eigenvalue weighted by molar-refractivity contribution is 0.421. The molecule has 2 aromatic heterocycles. The number of nitrogens with zero attached hydrogens (tertiary/aromatic N) is 3. The van der Waals surface area contributed by atoms with Gasteiger partial charge in [-0.15, -0.1) is 0 Å². The monoisotopic (exact) mass is 220 g/mol. The van der Waals surface area contributed by atoms with Crippen LogP contribution in [0.15, 0.2) is 35.5 Å². The van der Waals surface area contributed by atoms with Gasteiger partial charge in [0.2, 0.25) is 0 Å². The fourth-order valence-corrected chi connectivity index (χ4v) is 1.46. The van der Waals surface area contributed by atoms with Gasteiger partial charge in [-0.25, -0.2) is 4.98 Å². The Labute approximate surface area is 94.5 Å². The van der Waals surface area contributed by atoms with Crippen LogP contribution < -0.4 is 5.32 Å². The van der Waals surface area contributed by atoms with Gasteiger partial charge in [0.15, 0.2) is 0 Å². The van der Waals surface area contributed by atoms with E-state index in [0.29, 0.717) is 6.04 Å². The predicted molar refractivity (Wildman–Crippen MR) is 59.6 cm³/mol. The molecule has 0 amide bonds. The first kappa shape index (κ1) is 10.9. The first-order valence-corrected chi connectivity index (χ1v) is 5.43. The second kappa shape index (κ2) is 5.46. The van der Waals surface area contributed by atoms with Crippen molar-refractivity contribution in [1.29, 1.82) is 0 Å². The highest BCUT2D eigenvalue weighted by molar-refractivity contribution is 4.97. The lowest BCUT2D eigenvalue weighted by atomic mass is 10.2. The van der Waals surface area contributed by atoms with Gasteiger partial charge in [0.25, 0.3) is 0 Å². The Balaban J connectivity index is 1.66. The van der Waals surface area contributed by atoms with Crippen LogP contribution in [-0.2, 0) is 13.1 Å². The van der Waals surface area contributed by atoms with Crippen LogP contribution in [-0.4, -0.2) is 20.8 Å². The molecule has 2 aromatic rings. The van der Waals surface area contributed by atoms with E-state index in [-0.39, 0.29) is 0 Å². The van der Waals surface area contributed by atoms with Crippen LogP contribution in [0.3, 0.4) is 0 Å². The average Bonchev–Trinajstić information content (AvgIpc) is 2.96. The van der Waals surface area contributed by atoms with E-state index in [2.05, 4.69) is 22.3 Å². The van der Waals surface area contributed by atoms with Crippen LogP contribution in [0, 0.1) is 0 Å². The first-order chi connectivity index (χ1) is 7.84. The molecule has 0 aliphatic heterocycles. The normalized spacial score (nSPS) is 12.8. The van der Waals surface area contributed by atoms with Crippen LogP contribution in [0.1, 0.15) is 19.1 Å². The molecule has 1 atom stereocenters. The molecular weight excluding hydrogens is 204 g/mol. The molecule has 0 bridgehead atoms. The van der Waals surface area contributed by atoms with E-state index in [1.165, 1.54) is 0 Å². The summed E-state index contributed by atoms with van der Waals surface area (Å²) >= 11 is 0. The molecule has 0 radical (unpaired) electrons. The Kier molecular flexibility index (Phi) is 3.71. The van der Waals surface area contributed by atoms with Crippen molar-refractivity contribution in [2.45, 2.75) is 32.5 Å². The molecular formula is C11H16N4O. The van der Waals surface area contributed by atoms with Crippen molar-refractivity contribution in [2.24, 2.45) is 0 Å². The standard InChI is InChI=1S/C11H16N4O/c1-10(4-5-15-9-12-8-14-15)13-7-11-3-2-6-16-11/h2-3,6,8-10,13H,4-5,7H2,1H3. The maximum atomic E-state index is 5.24. The van der Waals surface area contributed by atoms with E-state index < -0.39 is 0 Å². The number of hydrogen-bond donors (Lipinski definition) is 1. The number of rotatable bonds is 6. The molecule has 1 unspecified atom stereocenters. The summed E-state index contributed by atoms with van der Waals surface area (Å²) < 4.78 is 7.08. The van der Waals surface area contributed by atoms with Gasteiger partial charge in [-0.05, 0) is 25.5 Å². The molecule has 86 valence electrons. The van der Waals surface area contributed by atoms with E-state index in [4.69, 9.17) is 4.42 Å². The quantitative estimate of drug-likeness (QED) is 0.800. The Morgan fingerprint density at radius 1 is 1.56 bits per heavy atom. The third-order valence-electron chi connectivity index (χ3n) is 2.46. The molecule has 5 heteroatoms. The molecule has 2 rings (SSSR count). The van der Waals surface area contributed by atoms with Gasteiger partial charge >= 0.3 is 0 Å². The van der Waals surface area contributed by atoms with Crippen molar-refractivity contribution in [2.75, 3.05) is 0 Å². The van der Waals surface area contributed by atoms with Crippen molar-refractivity contribution in [3.8, 4) is 0 Å². The third-order valence-corrected chi connectivity index (χ3v) is 2.46. The lowest BCUT2D eigenvalue weighted by Crippen LogP contribution is -2.26. The molecule has 0 saturated heterocycles. The lowest BCUT2D eigenvalue weighted by Gasteiger charge is -2.12. The molecule has 1 N–H and O–H groups in total. The average molecular weight is 220 g/mol. The summed E-state index contributed by atoms with van der Waals surface area (Å²) in [4.78, 5) is 3.90. The van der Waals surface area contributed by atoms with Gasteiger partial charge in [0.05, 0.1) is 12.8 Å². The Bertz CT molecular complexity index is 344. The minimum Gasteiger partial charge on any atom is -0.468 e. The Morgan fingerprint density at radius 3 is 3.19 bits per heavy atom. The molecule has 16 heavy (non-hydrogen) atoms. The summed E-state index contributed by atoms with van der Waals surface area (Å²) in [5, 5.41) is 7.45. The first-order valence-electron chi connectivity index (χ1n) is 5.43. The number of nitrogens with one attached hydrogen (secondary N) is 1. The summed E-state index contributed by atoms with van der Waals surface area (Å²) in [6.45, 7) is 3.80. The maximum Gasteiger partial charge on any atom is 0.137 e. The van der Waals surface area contributed by atoms with Crippen molar-refractivity contribution < 1.29 is 4.42 Å². The van der Waals surface area contributed by atoms with Crippen LogP contribution in [0.25, 0.3) is 0 Å². The largest absolute Gasteiger partial charge is 0.468 e. The summed E-state index contributed by atoms with van der Waals surface area (Å²) in [6, 6.07) is 4.29. The number of hydrogen-bond acceptors (Lipinski definition) is 4. The fraction of sp³-hybridized carbons (Fsp3) is 0.455. The van der Waals surface area contributed by atoms with E-state index >= 15 is 0 Å². The predicted octanol–water partition coefficient (Wildman–Crippen LogP) is 1.44. The highest BCUT2D eigenvalue weighted by atomic mass is 16.3. The van der Waals surface area contributed by atoms with Gasteiger partial charge in [-0.2, -0.15) is 5.10 Å². The van der Waals surface area contributed by atoms with Gasteiger partial charge in [-0.1, -0.05) is 0 Å². The summed E-state index contributed by atoms with van der Waals surface area (Å²) in [5.74, 6) is 0.965. The van der Waals surface area contributed by atoms with E-state index in [9.17, 15) is 0 Å². The van der Waals surface area contributed by atoms with E-state index in [1.807, 2.05) is 16.8 Å². The minimum atomic E-state index is 0.425. The molecule has 0 spiro atoms. The molecule has 2 heterocycles. The highest BCUT2D eigenvalue weighted by Crippen LogP contribution is 2.01. The topological polar surface area (TPSA) is 55.9 Å².